The SMILES string of the molecule is CCN1CCCC1CN(C)c1ccc(C(=N)N)c(Br)c1F. The van der Waals surface area contributed by atoms with Gasteiger partial charge in [0.15, 0.2) is 5.82 Å². The molecule has 1 heterocycles. The summed E-state index contributed by atoms with van der Waals surface area (Å²) in [6.45, 7) is 5.13. The largest absolute Gasteiger partial charge is 0.384 e. The first-order valence-electron chi connectivity index (χ1n) is 7.23. The Kier molecular flexibility index (Phi) is 5.22. The summed E-state index contributed by atoms with van der Waals surface area (Å²) < 4.78 is 14.7. The Balaban J connectivity index is 2.18. The summed E-state index contributed by atoms with van der Waals surface area (Å²) in [5.74, 6) is -0.492. The number of nitrogens with two attached hydrogens (primary N) is 1. The number of nitrogens with zero attached hydrogens (tertiary/aromatic N) is 2. The lowest BCUT2D eigenvalue weighted by Crippen LogP contribution is -2.39. The Labute approximate surface area is 133 Å². The van der Waals surface area contributed by atoms with Crippen LogP contribution in [0.15, 0.2) is 16.6 Å². The monoisotopic (exact) mass is 356 g/mol. The van der Waals surface area contributed by atoms with Crippen LogP contribution in [-0.2, 0) is 0 Å². The van der Waals surface area contributed by atoms with E-state index in [0.29, 0.717) is 17.3 Å². The summed E-state index contributed by atoms with van der Waals surface area (Å²) in [5, 5.41) is 7.44. The maximum Gasteiger partial charge on any atom is 0.161 e. The van der Waals surface area contributed by atoms with Crippen molar-refractivity contribution in [3.8, 4) is 0 Å². The van der Waals surface area contributed by atoms with Gasteiger partial charge in [-0.1, -0.05) is 6.92 Å². The van der Waals surface area contributed by atoms with Gasteiger partial charge in [-0.25, -0.2) is 4.39 Å². The number of likely N-dealkylation sites (N-methyl/N-ethyl adjacent to an activating group) is 2. The van der Waals surface area contributed by atoms with Crippen LogP contribution in [0.2, 0.25) is 0 Å². The number of amidine groups is 1. The van der Waals surface area contributed by atoms with Crippen LogP contribution < -0.4 is 10.6 Å². The number of rotatable bonds is 5. The van der Waals surface area contributed by atoms with Crippen molar-refractivity contribution in [2.24, 2.45) is 5.73 Å². The Morgan fingerprint density at radius 1 is 1.57 bits per heavy atom. The molecule has 0 saturated carbocycles. The van der Waals surface area contributed by atoms with E-state index in [2.05, 4.69) is 27.8 Å². The smallest absolute Gasteiger partial charge is 0.161 e. The molecule has 2 rings (SSSR count). The highest BCUT2D eigenvalue weighted by atomic mass is 79.9. The van der Waals surface area contributed by atoms with E-state index in [1.807, 2.05) is 11.9 Å². The minimum atomic E-state index is -0.355. The van der Waals surface area contributed by atoms with E-state index >= 15 is 0 Å². The van der Waals surface area contributed by atoms with Gasteiger partial charge in [-0.05, 0) is 54.0 Å². The number of nitrogen functional groups attached to an aromatic ring is 1. The van der Waals surface area contributed by atoms with Crippen LogP contribution in [0.25, 0.3) is 0 Å². The minimum Gasteiger partial charge on any atom is -0.384 e. The third-order valence-corrected chi connectivity index (χ3v) is 4.93. The second-order valence-corrected chi connectivity index (χ2v) is 6.27. The lowest BCUT2D eigenvalue weighted by atomic mass is 10.1. The molecular weight excluding hydrogens is 335 g/mol. The molecule has 1 aliphatic heterocycles. The molecule has 6 heteroatoms. The predicted molar refractivity (Wildman–Crippen MR) is 88.7 cm³/mol. The molecule has 1 aromatic carbocycles. The highest BCUT2D eigenvalue weighted by Crippen LogP contribution is 2.30. The van der Waals surface area contributed by atoms with Crippen LogP contribution in [-0.4, -0.2) is 43.5 Å². The molecule has 3 N–H and O–H groups in total. The van der Waals surface area contributed by atoms with Crippen molar-refractivity contribution in [1.82, 2.24) is 4.90 Å². The van der Waals surface area contributed by atoms with E-state index in [4.69, 9.17) is 11.1 Å². The van der Waals surface area contributed by atoms with Gasteiger partial charge >= 0.3 is 0 Å². The second-order valence-electron chi connectivity index (χ2n) is 5.48. The first-order chi connectivity index (χ1) is 9.95. The molecule has 0 bridgehead atoms. The van der Waals surface area contributed by atoms with Crippen molar-refractivity contribution in [1.29, 1.82) is 5.41 Å². The van der Waals surface area contributed by atoms with E-state index in [0.717, 1.165) is 26.1 Å². The molecule has 0 aromatic heterocycles. The average Bonchev–Trinajstić information content (AvgIpc) is 2.88. The standard InChI is InChI=1S/C15H22BrFN4/c1-3-21-8-4-5-10(21)9-20(2)12-7-6-11(15(18)19)13(16)14(12)17/h6-7,10H,3-5,8-9H2,1-2H3,(H3,18,19). The Morgan fingerprint density at radius 3 is 2.90 bits per heavy atom. The zero-order valence-electron chi connectivity index (χ0n) is 12.5. The van der Waals surface area contributed by atoms with Crippen molar-refractivity contribution in [2.45, 2.75) is 25.8 Å². The fourth-order valence-corrected chi connectivity index (χ4v) is 3.52. The molecule has 1 aliphatic rings. The Bertz CT molecular complexity index is 535. The van der Waals surface area contributed by atoms with Gasteiger partial charge in [-0.2, -0.15) is 0 Å². The summed E-state index contributed by atoms with van der Waals surface area (Å²) in [5.41, 5.74) is 6.37. The molecule has 1 fully saturated rings. The van der Waals surface area contributed by atoms with E-state index in [-0.39, 0.29) is 16.1 Å². The van der Waals surface area contributed by atoms with Gasteiger partial charge in [0.25, 0.3) is 0 Å². The molecule has 4 nitrogen and oxygen atoms in total. The third kappa shape index (κ3) is 3.37. The van der Waals surface area contributed by atoms with Gasteiger partial charge in [0.1, 0.15) is 5.84 Å². The van der Waals surface area contributed by atoms with Gasteiger partial charge in [-0.3, -0.25) is 10.3 Å². The molecular formula is C15H22BrFN4. The predicted octanol–water partition coefficient (Wildman–Crippen LogP) is 2.79. The van der Waals surface area contributed by atoms with Crippen LogP contribution in [0.3, 0.4) is 0 Å². The summed E-state index contributed by atoms with van der Waals surface area (Å²) >= 11 is 3.21. The topological polar surface area (TPSA) is 56.4 Å². The average molecular weight is 357 g/mol. The lowest BCUT2D eigenvalue weighted by Gasteiger charge is -2.29. The molecule has 21 heavy (non-hydrogen) atoms. The van der Waals surface area contributed by atoms with Gasteiger partial charge in [0, 0.05) is 25.2 Å². The molecule has 1 atom stereocenters. The summed E-state index contributed by atoms with van der Waals surface area (Å²) in [6.07, 6.45) is 2.37. The summed E-state index contributed by atoms with van der Waals surface area (Å²) in [7, 11) is 1.91. The number of nitrogens with one attached hydrogen (secondary N) is 1. The second kappa shape index (κ2) is 6.75. The highest BCUT2D eigenvalue weighted by Gasteiger charge is 2.25. The molecule has 0 amide bonds. The molecule has 1 aromatic rings. The van der Waals surface area contributed by atoms with E-state index < -0.39 is 0 Å². The van der Waals surface area contributed by atoms with Crippen LogP contribution in [0, 0.1) is 11.2 Å². The number of hydrogen-bond donors (Lipinski definition) is 2. The minimum absolute atomic E-state index is 0.136. The number of hydrogen-bond acceptors (Lipinski definition) is 3. The van der Waals surface area contributed by atoms with Crippen molar-refractivity contribution in [3.05, 3.63) is 28.0 Å². The molecule has 0 spiro atoms. The fourth-order valence-electron chi connectivity index (χ4n) is 2.97. The van der Waals surface area contributed by atoms with Gasteiger partial charge < -0.3 is 10.6 Å². The maximum absolute atomic E-state index is 14.5. The van der Waals surface area contributed by atoms with E-state index in [9.17, 15) is 4.39 Å². The van der Waals surface area contributed by atoms with Crippen molar-refractivity contribution < 1.29 is 4.39 Å². The Hall–Kier alpha value is -1.14. The summed E-state index contributed by atoms with van der Waals surface area (Å²) in [4.78, 5) is 4.38. The molecule has 116 valence electrons. The zero-order chi connectivity index (χ0) is 15.6. The van der Waals surface area contributed by atoms with Crippen molar-refractivity contribution in [2.75, 3.05) is 31.6 Å². The first kappa shape index (κ1) is 16.2. The number of likely N-dealkylation sites (tertiary alicyclic amines) is 1. The lowest BCUT2D eigenvalue weighted by molar-refractivity contribution is 0.270. The summed E-state index contributed by atoms with van der Waals surface area (Å²) in [6, 6.07) is 3.86. The quantitative estimate of drug-likeness (QED) is 0.629. The van der Waals surface area contributed by atoms with Crippen molar-refractivity contribution >= 4 is 27.5 Å². The number of halogens is 2. The molecule has 1 saturated heterocycles. The molecule has 0 radical (unpaired) electrons. The van der Waals surface area contributed by atoms with E-state index in [1.165, 1.54) is 6.42 Å². The van der Waals surface area contributed by atoms with Gasteiger partial charge in [-0.15, -0.1) is 0 Å². The van der Waals surface area contributed by atoms with Gasteiger partial charge in [0.2, 0.25) is 0 Å². The van der Waals surface area contributed by atoms with Crippen molar-refractivity contribution in [3.63, 3.8) is 0 Å². The van der Waals surface area contributed by atoms with Crippen LogP contribution >= 0.6 is 15.9 Å². The van der Waals surface area contributed by atoms with Gasteiger partial charge in [0.05, 0.1) is 10.2 Å². The third-order valence-electron chi connectivity index (χ3n) is 4.15. The molecule has 1 unspecified atom stereocenters. The maximum atomic E-state index is 14.5. The normalized spacial score (nSPS) is 19.0. The Morgan fingerprint density at radius 2 is 2.29 bits per heavy atom. The first-order valence-corrected chi connectivity index (χ1v) is 8.02. The fraction of sp³-hybridized carbons (Fsp3) is 0.533. The number of anilines is 1. The highest BCUT2D eigenvalue weighted by molar-refractivity contribution is 9.10. The zero-order valence-corrected chi connectivity index (χ0v) is 14.1. The molecule has 0 aliphatic carbocycles. The van der Waals surface area contributed by atoms with Crippen LogP contribution in [0.4, 0.5) is 10.1 Å². The van der Waals surface area contributed by atoms with E-state index in [1.54, 1.807) is 12.1 Å². The number of benzene rings is 1. The van der Waals surface area contributed by atoms with Crippen LogP contribution in [0.5, 0.6) is 0 Å². The van der Waals surface area contributed by atoms with Crippen LogP contribution in [0.1, 0.15) is 25.3 Å².